The molecule has 27 heavy (non-hydrogen) atoms. The number of carbonyl (C=O) groups excluding carboxylic acids is 1. The largest absolute Gasteiger partial charge is 0.494 e. The molecule has 1 atom stereocenters. The van der Waals surface area contributed by atoms with Crippen molar-refractivity contribution >= 4 is 11.5 Å². The second kappa shape index (κ2) is 12.7. The smallest absolute Gasteiger partial charge is 0.144 e. The summed E-state index contributed by atoms with van der Waals surface area (Å²) < 4.78 is 5.26. The zero-order valence-corrected chi connectivity index (χ0v) is 19.1. The molecule has 3 nitrogen and oxygen atoms in total. The number of methoxy groups -OCH3 is 1. The zero-order chi connectivity index (χ0) is 21.0. The van der Waals surface area contributed by atoms with Crippen LogP contribution in [0.25, 0.3) is 0 Å². The van der Waals surface area contributed by atoms with Gasteiger partial charge >= 0.3 is 0 Å². The van der Waals surface area contributed by atoms with Crippen LogP contribution >= 0.6 is 0 Å². The molecule has 2 aliphatic carbocycles. The van der Waals surface area contributed by atoms with Crippen LogP contribution in [0.1, 0.15) is 80.6 Å². The molecule has 1 unspecified atom stereocenters. The van der Waals surface area contributed by atoms with Gasteiger partial charge in [-0.05, 0) is 32.3 Å². The molecule has 0 amide bonds. The maximum atomic E-state index is 11.2. The minimum absolute atomic E-state index is 0.0145. The molecule has 0 saturated heterocycles. The van der Waals surface area contributed by atoms with Gasteiger partial charge in [-0.15, -0.1) is 0 Å². The van der Waals surface area contributed by atoms with Crippen LogP contribution in [0.2, 0.25) is 0 Å². The Morgan fingerprint density at radius 1 is 1.26 bits per heavy atom. The molecule has 0 aromatic rings. The van der Waals surface area contributed by atoms with Gasteiger partial charge in [0.1, 0.15) is 17.3 Å². The molecule has 2 aliphatic rings. The second-order valence-electron chi connectivity index (χ2n) is 7.90. The number of hydrogen-bond acceptors (Lipinski definition) is 3. The quantitative estimate of drug-likeness (QED) is 0.550. The van der Waals surface area contributed by atoms with Crippen molar-refractivity contribution in [1.82, 2.24) is 0 Å². The van der Waals surface area contributed by atoms with Gasteiger partial charge in [-0.2, -0.15) is 0 Å². The Bertz CT molecular complexity index is 590. The molecular formula is C24H41NO2. The van der Waals surface area contributed by atoms with Gasteiger partial charge in [0.25, 0.3) is 0 Å². The highest BCUT2D eigenvalue weighted by Gasteiger charge is 2.37. The summed E-state index contributed by atoms with van der Waals surface area (Å²) in [6.07, 6.45) is 11.9. The van der Waals surface area contributed by atoms with Gasteiger partial charge in [-0.3, -0.25) is 9.79 Å². The van der Waals surface area contributed by atoms with E-state index in [9.17, 15) is 4.79 Å². The van der Waals surface area contributed by atoms with Crippen LogP contribution in [0, 0.1) is 11.3 Å². The van der Waals surface area contributed by atoms with Gasteiger partial charge < -0.3 is 4.74 Å². The number of allylic oxidation sites excluding steroid dienone is 5. The number of hydrogen-bond donors (Lipinski definition) is 0. The fourth-order valence-corrected chi connectivity index (χ4v) is 2.95. The number of Topliss-reactive ketones (excluding diaryl/α,β-unsaturated/α-hetero) is 1. The molecule has 0 radical (unpaired) electrons. The van der Waals surface area contributed by atoms with Crippen LogP contribution < -0.4 is 0 Å². The first kappa shape index (κ1) is 25.4. The third-order valence-electron chi connectivity index (χ3n) is 5.25. The fraction of sp³-hybridized carbons (Fsp3) is 0.667. The Kier molecular flexibility index (Phi) is 11.9. The van der Waals surface area contributed by atoms with Crippen molar-refractivity contribution in [3.8, 4) is 0 Å². The zero-order valence-electron chi connectivity index (χ0n) is 19.1. The third kappa shape index (κ3) is 7.86. The highest BCUT2D eigenvalue weighted by molar-refractivity contribution is 6.14. The molecule has 1 fully saturated rings. The van der Waals surface area contributed by atoms with E-state index in [0.29, 0.717) is 11.7 Å². The lowest BCUT2D eigenvalue weighted by atomic mass is 9.89. The number of aliphatic imine (C=N–C) groups is 1. The first-order valence-corrected chi connectivity index (χ1v) is 10.3. The molecular weight excluding hydrogens is 334 g/mol. The molecule has 0 bridgehead atoms. The van der Waals surface area contributed by atoms with Crippen LogP contribution in [0.5, 0.6) is 0 Å². The monoisotopic (exact) mass is 375 g/mol. The lowest BCUT2D eigenvalue weighted by Crippen LogP contribution is -2.19. The maximum Gasteiger partial charge on any atom is 0.144 e. The number of nitrogens with zero attached hydrogens (tertiary/aromatic N) is 1. The number of ketones is 1. The summed E-state index contributed by atoms with van der Waals surface area (Å²) in [5.41, 5.74) is 3.47. The van der Waals surface area contributed by atoms with Crippen molar-refractivity contribution in [3.63, 3.8) is 0 Å². The van der Waals surface area contributed by atoms with E-state index in [1.807, 2.05) is 32.9 Å². The minimum Gasteiger partial charge on any atom is -0.494 e. The number of carbonyl (C=O) groups is 1. The molecule has 0 aliphatic heterocycles. The summed E-state index contributed by atoms with van der Waals surface area (Å²) in [7, 11) is 3.47. The molecule has 3 heteroatoms. The Balaban J connectivity index is 0.000000444. The van der Waals surface area contributed by atoms with Gasteiger partial charge in [0.2, 0.25) is 0 Å². The molecule has 0 aromatic heterocycles. The summed E-state index contributed by atoms with van der Waals surface area (Å²) in [5.74, 6) is 1.61. The Hall–Kier alpha value is -1.64. The predicted octanol–water partition coefficient (Wildman–Crippen LogP) is 6.70. The first-order valence-electron chi connectivity index (χ1n) is 10.3. The van der Waals surface area contributed by atoms with E-state index in [2.05, 4.69) is 38.8 Å². The third-order valence-corrected chi connectivity index (χ3v) is 5.25. The van der Waals surface area contributed by atoms with Crippen molar-refractivity contribution in [2.24, 2.45) is 16.3 Å². The lowest BCUT2D eigenvalue weighted by molar-refractivity contribution is -0.127. The minimum atomic E-state index is -0.0145. The van der Waals surface area contributed by atoms with Crippen LogP contribution in [0.4, 0.5) is 0 Å². The molecule has 0 N–H and O–H groups in total. The van der Waals surface area contributed by atoms with Crippen molar-refractivity contribution in [1.29, 1.82) is 0 Å². The summed E-state index contributed by atoms with van der Waals surface area (Å²) in [6, 6.07) is 0. The highest BCUT2D eigenvalue weighted by Crippen LogP contribution is 2.36. The van der Waals surface area contributed by atoms with Gasteiger partial charge in [0.05, 0.1) is 7.11 Å². The average Bonchev–Trinajstić information content (AvgIpc) is 2.93. The first-order chi connectivity index (χ1) is 12.7. The molecule has 0 aromatic carbocycles. The number of rotatable bonds is 3. The normalized spacial score (nSPS) is 23.7. The van der Waals surface area contributed by atoms with Crippen molar-refractivity contribution in [2.75, 3.05) is 14.2 Å². The second-order valence-corrected chi connectivity index (χ2v) is 7.90. The maximum absolute atomic E-state index is 11.2. The topological polar surface area (TPSA) is 38.7 Å². The van der Waals surface area contributed by atoms with Crippen molar-refractivity contribution < 1.29 is 9.53 Å². The van der Waals surface area contributed by atoms with E-state index in [1.165, 1.54) is 24.0 Å². The molecule has 2 rings (SSSR count). The average molecular weight is 376 g/mol. The van der Waals surface area contributed by atoms with Gasteiger partial charge in [-0.1, -0.05) is 72.1 Å². The Morgan fingerprint density at radius 3 is 2.15 bits per heavy atom. The van der Waals surface area contributed by atoms with Crippen LogP contribution in [0.15, 0.2) is 40.1 Å². The molecule has 1 saturated carbocycles. The molecule has 0 heterocycles. The van der Waals surface area contributed by atoms with E-state index in [0.717, 1.165) is 30.7 Å². The van der Waals surface area contributed by atoms with E-state index in [-0.39, 0.29) is 5.41 Å². The SMILES string of the molecule is CC/C(C)=C1\C=CC=C(OC)C1=NC.CC1CCC(C)(C)C1=O.CCCC. The van der Waals surface area contributed by atoms with Gasteiger partial charge in [-0.25, -0.2) is 0 Å². The molecule has 154 valence electrons. The van der Waals surface area contributed by atoms with Gasteiger partial charge in [0.15, 0.2) is 0 Å². The van der Waals surface area contributed by atoms with Crippen molar-refractivity contribution in [2.45, 2.75) is 80.6 Å². The van der Waals surface area contributed by atoms with E-state index in [4.69, 9.17) is 4.74 Å². The summed E-state index contributed by atoms with van der Waals surface area (Å²) >= 11 is 0. The van der Waals surface area contributed by atoms with Crippen LogP contribution in [-0.2, 0) is 9.53 Å². The molecule has 0 spiro atoms. The lowest BCUT2D eigenvalue weighted by Gasteiger charge is -2.15. The number of unbranched alkanes of at least 4 members (excludes halogenated alkanes) is 1. The summed E-state index contributed by atoms with van der Waals surface area (Å²) in [4.78, 5) is 15.5. The van der Waals surface area contributed by atoms with E-state index >= 15 is 0 Å². The van der Waals surface area contributed by atoms with Crippen LogP contribution in [-0.4, -0.2) is 25.7 Å². The number of ether oxygens (including phenoxy) is 1. The Morgan fingerprint density at radius 2 is 1.85 bits per heavy atom. The van der Waals surface area contributed by atoms with Crippen molar-refractivity contribution in [3.05, 3.63) is 35.1 Å². The standard InChI is InChI=1S/C12H17NO.C8H14O.C4H10/c1-5-9(2)10-7-6-8-11(14-4)12(10)13-3;1-6-4-5-8(2,3)7(6)9;1-3-4-2/h6-8H,5H2,1-4H3;6H,4-5H2,1-3H3;3-4H2,1-2H3/b10-9+,13-12?;;. The summed E-state index contributed by atoms with van der Waals surface area (Å²) in [6.45, 7) is 14.7. The van der Waals surface area contributed by atoms with E-state index < -0.39 is 0 Å². The Labute approximate surface area is 167 Å². The van der Waals surface area contributed by atoms with Crippen LogP contribution in [0.3, 0.4) is 0 Å². The van der Waals surface area contributed by atoms with E-state index in [1.54, 1.807) is 14.2 Å². The van der Waals surface area contributed by atoms with Gasteiger partial charge in [0, 0.05) is 24.0 Å². The summed E-state index contributed by atoms with van der Waals surface area (Å²) in [5, 5.41) is 0. The highest BCUT2D eigenvalue weighted by atomic mass is 16.5. The fourth-order valence-electron chi connectivity index (χ4n) is 2.95. The predicted molar refractivity (Wildman–Crippen MR) is 118 cm³/mol.